The molecule has 31 heavy (non-hydrogen) atoms. The van der Waals surface area contributed by atoms with Crippen LogP contribution in [0.2, 0.25) is 0 Å². The first-order valence-electron chi connectivity index (χ1n) is 10.3. The number of aliphatic hydroxyl groups excluding tert-OH is 1. The van der Waals surface area contributed by atoms with E-state index in [-0.39, 0.29) is 37.5 Å². The zero-order valence-corrected chi connectivity index (χ0v) is 18.5. The molecule has 1 aromatic carbocycles. The monoisotopic (exact) mass is 448 g/mol. The molecule has 0 saturated heterocycles. The SMILES string of the molecule is C=CCN(CC(=O)N1CCc2sccc2[C@H]1COc1cccc(F)c1)C[C@H](O)COC. The maximum absolute atomic E-state index is 13.5. The van der Waals surface area contributed by atoms with E-state index in [4.69, 9.17) is 9.47 Å². The summed E-state index contributed by atoms with van der Waals surface area (Å²) in [5.74, 6) is 0.0295. The van der Waals surface area contributed by atoms with Crippen molar-refractivity contribution in [2.24, 2.45) is 0 Å². The van der Waals surface area contributed by atoms with Gasteiger partial charge in [0.25, 0.3) is 0 Å². The molecule has 1 aromatic heterocycles. The summed E-state index contributed by atoms with van der Waals surface area (Å²) in [6.07, 6.45) is 1.82. The second-order valence-electron chi connectivity index (χ2n) is 7.51. The highest BCUT2D eigenvalue weighted by Crippen LogP contribution is 2.34. The third-order valence-corrected chi connectivity index (χ3v) is 6.19. The van der Waals surface area contributed by atoms with Crippen LogP contribution < -0.4 is 4.74 Å². The average molecular weight is 449 g/mol. The lowest BCUT2D eigenvalue weighted by Gasteiger charge is -2.37. The Hall–Kier alpha value is -2.26. The fourth-order valence-corrected chi connectivity index (χ4v) is 4.75. The van der Waals surface area contributed by atoms with Gasteiger partial charge in [0.05, 0.1) is 25.3 Å². The minimum atomic E-state index is -0.685. The molecule has 0 unspecified atom stereocenters. The van der Waals surface area contributed by atoms with E-state index in [1.54, 1.807) is 29.5 Å². The van der Waals surface area contributed by atoms with Crippen LogP contribution in [0.4, 0.5) is 4.39 Å². The summed E-state index contributed by atoms with van der Waals surface area (Å²) < 4.78 is 24.4. The highest BCUT2D eigenvalue weighted by molar-refractivity contribution is 7.10. The van der Waals surface area contributed by atoms with Gasteiger partial charge in [-0.3, -0.25) is 9.69 Å². The third-order valence-electron chi connectivity index (χ3n) is 5.19. The largest absolute Gasteiger partial charge is 0.491 e. The highest BCUT2D eigenvalue weighted by atomic mass is 32.1. The van der Waals surface area contributed by atoms with Crippen LogP contribution in [0, 0.1) is 5.82 Å². The standard InChI is InChI=1S/C23H29FN2O4S/c1-3-9-25(13-18(27)15-29-2)14-23(28)26-10-7-22-20(8-11-31-22)21(26)16-30-19-6-4-5-17(24)12-19/h3-6,8,11-12,18,21,27H,1,7,9-10,13-16H2,2H3/t18-,21+/m0/s1. The van der Waals surface area contributed by atoms with E-state index in [2.05, 4.69) is 6.58 Å². The Labute approximate surface area is 186 Å². The van der Waals surface area contributed by atoms with Crippen LogP contribution in [-0.4, -0.2) is 73.4 Å². The Morgan fingerprint density at radius 3 is 3.06 bits per heavy atom. The molecule has 0 fully saturated rings. The lowest BCUT2D eigenvalue weighted by molar-refractivity contribution is -0.136. The molecule has 1 aliphatic rings. The van der Waals surface area contributed by atoms with E-state index in [0.717, 1.165) is 12.0 Å². The molecule has 0 aliphatic carbocycles. The molecule has 6 nitrogen and oxygen atoms in total. The number of carbonyl (C=O) groups excluding carboxylic acids is 1. The van der Waals surface area contributed by atoms with Gasteiger partial charge in [-0.2, -0.15) is 0 Å². The van der Waals surface area contributed by atoms with E-state index in [9.17, 15) is 14.3 Å². The lowest BCUT2D eigenvalue weighted by atomic mass is 10.0. The van der Waals surface area contributed by atoms with Crippen LogP contribution in [0.15, 0.2) is 48.4 Å². The number of hydrogen-bond donors (Lipinski definition) is 1. The van der Waals surface area contributed by atoms with Crippen molar-refractivity contribution < 1.29 is 23.8 Å². The summed E-state index contributed by atoms with van der Waals surface area (Å²) in [4.78, 5) is 18.2. The molecule has 0 bridgehead atoms. The van der Waals surface area contributed by atoms with Crippen LogP contribution in [0.25, 0.3) is 0 Å². The number of carbonyl (C=O) groups is 1. The summed E-state index contributed by atoms with van der Waals surface area (Å²) in [5.41, 5.74) is 1.08. The number of rotatable bonds is 11. The van der Waals surface area contributed by atoms with Gasteiger partial charge in [-0.05, 0) is 35.6 Å². The van der Waals surface area contributed by atoms with Gasteiger partial charge in [0.2, 0.25) is 5.91 Å². The molecule has 2 atom stereocenters. The molecule has 1 aliphatic heterocycles. The Morgan fingerprint density at radius 2 is 2.32 bits per heavy atom. The highest BCUT2D eigenvalue weighted by Gasteiger charge is 2.33. The minimum absolute atomic E-state index is 0.0452. The topological polar surface area (TPSA) is 62.2 Å². The molecular weight excluding hydrogens is 419 g/mol. The molecule has 1 N–H and O–H groups in total. The molecule has 3 rings (SSSR count). The number of aliphatic hydroxyl groups is 1. The maximum atomic E-state index is 13.5. The number of benzene rings is 1. The Balaban J connectivity index is 1.72. The molecular formula is C23H29FN2O4S. The Morgan fingerprint density at radius 1 is 1.48 bits per heavy atom. The molecule has 8 heteroatoms. The molecule has 0 radical (unpaired) electrons. The zero-order valence-electron chi connectivity index (χ0n) is 17.7. The summed E-state index contributed by atoms with van der Waals surface area (Å²) in [6, 6.07) is 7.79. The first-order valence-corrected chi connectivity index (χ1v) is 11.1. The van der Waals surface area contributed by atoms with E-state index in [1.165, 1.54) is 24.1 Å². The van der Waals surface area contributed by atoms with Gasteiger partial charge in [-0.25, -0.2) is 4.39 Å². The van der Waals surface area contributed by atoms with E-state index in [0.29, 0.717) is 25.4 Å². The van der Waals surface area contributed by atoms with Gasteiger partial charge in [0.15, 0.2) is 0 Å². The van der Waals surface area contributed by atoms with Crippen molar-refractivity contribution in [1.82, 2.24) is 9.80 Å². The number of fused-ring (bicyclic) bond motifs is 1. The predicted octanol–water partition coefficient (Wildman–Crippen LogP) is 2.89. The van der Waals surface area contributed by atoms with Crippen molar-refractivity contribution in [3.05, 3.63) is 64.6 Å². The number of hydrogen-bond acceptors (Lipinski definition) is 6. The minimum Gasteiger partial charge on any atom is -0.491 e. The van der Waals surface area contributed by atoms with E-state index < -0.39 is 6.10 Å². The zero-order chi connectivity index (χ0) is 22.2. The number of methoxy groups -OCH3 is 1. The summed E-state index contributed by atoms with van der Waals surface area (Å²) >= 11 is 1.68. The summed E-state index contributed by atoms with van der Waals surface area (Å²) in [6.45, 7) is 5.74. The van der Waals surface area contributed by atoms with E-state index >= 15 is 0 Å². The number of amides is 1. The van der Waals surface area contributed by atoms with Crippen molar-refractivity contribution in [3.63, 3.8) is 0 Å². The molecule has 2 heterocycles. The molecule has 2 aromatic rings. The second-order valence-corrected chi connectivity index (χ2v) is 8.51. The van der Waals surface area contributed by atoms with Gasteiger partial charge < -0.3 is 19.5 Å². The van der Waals surface area contributed by atoms with Crippen molar-refractivity contribution >= 4 is 17.2 Å². The fourth-order valence-electron chi connectivity index (χ4n) is 3.82. The fraction of sp³-hybridized carbons (Fsp3) is 0.435. The molecule has 168 valence electrons. The van der Waals surface area contributed by atoms with Crippen molar-refractivity contribution in [2.75, 3.05) is 46.5 Å². The van der Waals surface area contributed by atoms with Crippen molar-refractivity contribution in [1.29, 1.82) is 0 Å². The quantitative estimate of drug-likeness (QED) is 0.536. The van der Waals surface area contributed by atoms with Gasteiger partial charge in [0, 0.05) is 37.7 Å². The van der Waals surface area contributed by atoms with Gasteiger partial charge in [-0.15, -0.1) is 17.9 Å². The average Bonchev–Trinajstić information content (AvgIpc) is 3.21. The predicted molar refractivity (Wildman–Crippen MR) is 119 cm³/mol. The molecule has 0 spiro atoms. The molecule has 0 saturated carbocycles. The van der Waals surface area contributed by atoms with Crippen molar-refractivity contribution in [3.8, 4) is 5.75 Å². The number of nitrogens with zero attached hydrogens (tertiary/aromatic N) is 2. The van der Waals surface area contributed by atoms with Crippen LogP contribution >= 0.6 is 11.3 Å². The first-order chi connectivity index (χ1) is 15.0. The van der Waals surface area contributed by atoms with Crippen LogP contribution in [-0.2, 0) is 16.0 Å². The Bertz CT molecular complexity index is 875. The van der Waals surface area contributed by atoms with E-state index in [1.807, 2.05) is 21.2 Å². The van der Waals surface area contributed by atoms with Gasteiger partial charge in [-0.1, -0.05) is 12.1 Å². The van der Waals surface area contributed by atoms with Gasteiger partial charge in [0.1, 0.15) is 18.2 Å². The number of ether oxygens (including phenoxy) is 2. The van der Waals surface area contributed by atoms with Crippen LogP contribution in [0.5, 0.6) is 5.75 Å². The molecule has 1 amide bonds. The van der Waals surface area contributed by atoms with Crippen LogP contribution in [0.3, 0.4) is 0 Å². The smallest absolute Gasteiger partial charge is 0.237 e. The second kappa shape index (κ2) is 11.4. The maximum Gasteiger partial charge on any atom is 0.237 e. The normalized spacial score (nSPS) is 16.8. The lowest BCUT2D eigenvalue weighted by Crippen LogP contribution is -2.48. The van der Waals surface area contributed by atoms with Crippen molar-refractivity contribution in [2.45, 2.75) is 18.6 Å². The number of thiophene rings is 1. The van der Waals surface area contributed by atoms with Gasteiger partial charge >= 0.3 is 0 Å². The van der Waals surface area contributed by atoms with Crippen LogP contribution in [0.1, 0.15) is 16.5 Å². The number of halogens is 1. The summed E-state index contributed by atoms with van der Waals surface area (Å²) in [5, 5.41) is 12.1. The third kappa shape index (κ3) is 6.36. The Kier molecular flexibility index (Phi) is 8.60. The summed E-state index contributed by atoms with van der Waals surface area (Å²) in [7, 11) is 1.53. The first kappa shape index (κ1) is 23.4.